The van der Waals surface area contributed by atoms with Crippen LogP contribution in [0.3, 0.4) is 0 Å². The topological polar surface area (TPSA) is 49.8 Å². The molecule has 0 radical (unpaired) electrons. The van der Waals surface area contributed by atoms with Crippen LogP contribution in [0, 0.1) is 11.8 Å². The average molecular weight is 255 g/mol. The number of ether oxygens (including phenoxy) is 1. The van der Waals surface area contributed by atoms with Crippen LogP contribution in [-0.4, -0.2) is 48.8 Å². The van der Waals surface area contributed by atoms with Crippen molar-refractivity contribution in [1.29, 1.82) is 0 Å². The fourth-order valence-electron chi connectivity index (χ4n) is 2.57. The third-order valence-electron chi connectivity index (χ3n) is 4.07. The van der Waals surface area contributed by atoms with Gasteiger partial charge in [0.25, 0.3) is 0 Å². The van der Waals surface area contributed by atoms with Gasteiger partial charge in [-0.1, -0.05) is 0 Å². The zero-order valence-electron chi connectivity index (χ0n) is 11.3. The Balaban J connectivity index is 1.63. The smallest absolute Gasteiger partial charge is 0.222 e. The molecule has 2 rings (SSSR count). The monoisotopic (exact) mass is 255 g/mol. The minimum Gasteiger partial charge on any atom is -0.391 e. The maximum absolute atomic E-state index is 11.9. The number of aliphatic hydroxyl groups is 1. The van der Waals surface area contributed by atoms with Crippen LogP contribution < -0.4 is 0 Å². The zero-order chi connectivity index (χ0) is 13.0. The Morgan fingerprint density at radius 2 is 2.22 bits per heavy atom. The number of aliphatic hydroxyl groups excluding tert-OH is 1. The van der Waals surface area contributed by atoms with Crippen molar-refractivity contribution < 1.29 is 14.6 Å². The fraction of sp³-hybridized carbons (Fsp3) is 0.929. The van der Waals surface area contributed by atoms with Crippen molar-refractivity contribution in [3.05, 3.63) is 0 Å². The summed E-state index contributed by atoms with van der Waals surface area (Å²) in [6.07, 6.45) is 5.71. The molecule has 18 heavy (non-hydrogen) atoms. The molecule has 0 aromatic rings. The number of carbonyl (C=O) groups excluding carboxylic acids is 1. The SMILES string of the molecule is CN(CC(O)C1CC1)C(=O)CCC1CCCOC1. The van der Waals surface area contributed by atoms with Crippen molar-refractivity contribution in [3.8, 4) is 0 Å². The lowest BCUT2D eigenvalue weighted by Crippen LogP contribution is -2.35. The lowest BCUT2D eigenvalue weighted by atomic mass is 9.96. The summed E-state index contributed by atoms with van der Waals surface area (Å²) in [4.78, 5) is 13.6. The van der Waals surface area contributed by atoms with Gasteiger partial charge in [-0.05, 0) is 43.9 Å². The molecule has 1 heterocycles. The van der Waals surface area contributed by atoms with Crippen molar-refractivity contribution in [3.63, 3.8) is 0 Å². The van der Waals surface area contributed by atoms with Gasteiger partial charge in [0.1, 0.15) is 0 Å². The van der Waals surface area contributed by atoms with Crippen LogP contribution in [-0.2, 0) is 9.53 Å². The van der Waals surface area contributed by atoms with Crippen LogP contribution in [0.25, 0.3) is 0 Å². The second kappa shape index (κ2) is 6.53. The van der Waals surface area contributed by atoms with Gasteiger partial charge in [0.2, 0.25) is 5.91 Å². The first-order valence-electron chi connectivity index (χ1n) is 7.16. The van der Waals surface area contributed by atoms with Crippen molar-refractivity contribution in [2.75, 3.05) is 26.8 Å². The van der Waals surface area contributed by atoms with E-state index in [0.717, 1.165) is 38.9 Å². The van der Waals surface area contributed by atoms with Gasteiger partial charge in [0.05, 0.1) is 6.10 Å². The third kappa shape index (κ3) is 4.25. The van der Waals surface area contributed by atoms with Gasteiger partial charge in [0, 0.05) is 33.2 Å². The Morgan fingerprint density at radius 1 is 1.44 bits per heavy atom. The number of hydrogen-bond acceptors (Lipinski definition) is 3. The first-order valence-corrected chi connectivity index (χ1v) is 7.16. The summed E-state index contributed by atoms with van der Waals surface area (Å²) < 4.78 is 5.41. The van der Waals surface area contributed by atoms with Gasteiger partial charge < -0.3 is 14.7 Å². The first kappa shape index (κ1) is 13.8. The number of rotatable bonds is 6. The second-order valence-corrected chi connectivity index (χ2v) is 5.80. The molecule has 104 valence electrons. The summed E-state index contributed by atoms with van der Waals surface area (Å²) in [6.45, 7) is 2.17. The Bertz CT molecular complexity index is 272. The van der Waals surface area contributed by atoms with Crippen LogP contribution in [0.4, 0.5) is 0 Å². The van der Waals surface area contributed by atoms with E-state index in [-0.39, 0.29) is 12.0 Å². The molecular weight excluding hydrogens is 230 g/mol. The van der Waals surface area contributed by atoms with Crippen LogP contribution >= 0.6 is 0 Å². The summed E-state index contributed by atoms with van der Waals surface area (Å²) in [6, 6.07) is 0. The predicted octanol–water partition coefficient (Wildman–Crippen LogP) is 1.42. The summed E-state index contributed by atoms with van der Waals surface area (Å²) in [7, 11) is 1.80. The van der Waals surface area contributed by atoms with E-state index in [1.165, 1.54) is 6.42 Å². The highest BCUT2D eigenvalue weighted by molar-refractivity contribution is 5.75. The van der Waals surface area contributed by atoms with Gasteiger partial charge in [-0.2, -0.15) is 0 Å². The highest BCUT2D eigenvalue weighted by Crippen LogP contribution is 2.32. The van der Waals surface area contributed by atoms with Crippen LogP contribution in [0.2, 0.25) is 0 Å². The summed E-state index contributed by atoms with van der Waals surface area (Å²) in [5, 5.41) is 9.81. The Labute approximate surface area is 109 Å². The normalized spacial score (nSPS) is 25.8. The summed E-state index contributed by atoms with van der Waals surface area (Å²) in [5.74, 6) is 1.14. The molecule has 1 aliphatic carbocycles. The molecule has 2 aliphatic rings. The number of amides is 1. The molecule has 1 aliphatic heterocycles. The highest BCUT2D eigenvalue weighted by atomic mass is 16.5. The molecule has 0 aromatic heterocycles. The number of likely N-dealkylation sites (N-methyl/N-ethyl adjacent to an activating group) is 1. The highest BCUT2D eigenvalue weighted by Gasteiger charge is 2.31. The van der Waals surface area contributed by atoms with Crippen LogP contribution in [0.15, 0.2) is 0 Å². The standard InChI is InChI=1S/C14H25NO3/c1-15(9-13(16)12-5-6-12)14(17)7-4-11-3-2-8-18-10-11/h11-13,16H,2-10H2,1H3. The van der Waals surface area contributed by atoms with E-state index in [4.69, 9.17) is 4.74 Å². The molecule has 2 fully saturated rings. The van der Waals surface area contributed by atoms with Gasteiger partial charge >= 0.3 is 0 Å². The van der Waals surface area contributed by atoms with Crippen molar-refractivity contribution in [1.82, 2.24) is 4.90 Å². The predicted molar refractivity (Wildman–Crippen MR) is 69.1 cm³/mol. The van der Waals surface area contributed by atoms with Crippen LogP contribution in [0.5, 0.6) is 0 Å². The molecule has 1 amide bonds. The molecule has 0 bridgehead atoms. The van der Waals surface area contributed by atoms with Gasteiger partial charge in [-0.15, -0.1) is 0 Å². The summed E-state index contributed by atoms with van der Waals surface area (Å²) in [5.41, 5.74) is 0. The van der Waals surface area contributed by atoms with Crippen LogP contribution in [0.1, 0.15) is 38.5 Å². The van der Waals surface area contributed by atoms with E-state index in [0.29, 0.717) is 24.8 Å². The minimum absolute atomic E-state index is 0.153. The Hall–Kier alpha value is -0.610. The lowest BCUT2D eigenvalue weighted by Gasteiger charge is -2.24. The maximum atomic E-state index is 11.9. The third-order valence-corrected chi connectivity index (χ3v) is 4.07. The molecule has 2 atom stereocenters. The van der Waals surface area contributed by atoms with E-state index in [1.54, 1.807) is 11.9 Å². The van der Waals surface area contributed by atoms with E-state index in [1.807, 2.05) is 0 Å². The molecule has 2 unspecified atom stereocenters. The molecule has 4 nitrogen and oxygen atoms in total. The van der Waals surface area contributed by atoms with E-state index in [9.17, 15) is 9.90 Å². The first-order chi connectivity index (χ1) is 8.66. The van der Waals surface area contributed by atoms with Crippen molar-refractivity contribution in [2.45, 2.75) is 44.6 Å². The Kier molecular flexibility index (Phi) is 5.01. The molecular formula is C14H25NO3. The van der Waals surface area contributed by atoms with E-state index < -0.39 is 0 Å². The quantitative estimate of drug-likeness (QED) is 0.781. The maximum Gasteiger partial charge on any atom is 0.222 e. The van der Waals surface area contributed by atoms with Crippen molar-refractivity contribution in [2.24, 2.45) is 11.8 Å². The Morgan fingerprint density at radius 3 is 2.83 bits per heavy atom. The van der Waals surface area contributed by atoms with Gasteiger partial charge in [-0.25, -0.2) is 0 Å². The van der Waals surface area contributed by atoms with Crippen molar-refractivity contribution >= 4 is 5.91 Å². The molecule has 1 N–H and O–H groups in total. The molecule has 1 saturated carbocycles. The van der Waals surface area contributed by atoms with Gasteiger partial charge in [0.15, 0.2) is 0 Å². The number of carbonyl (C=O) groups is 1. The fourth-order valence-corrected chi connectivity index (χ4v) is 2.57. The molecule has 4 heteroatoms. The average Bonchev–Trinajstić information content (AvgIpc) is 3.21. The number of nitrogens with zero attached hydrogens (tertiary/aromatic N) is 1. The zero-order valence-corrected chi connectivity index (χ0v) is 11.3. The lowest BCUT2D eigenvalue weighted by molar-refractivity contribution is -0.131. The number of hydrogen-bond donors (Lipinski definition) is 1. The summed E-state index contributed by atoms with van der Waals surface area (Å²) >= 11 is 0. The largest absolute Gasteiger partial charge is 0.391 e. The second-order valence-electron chi connectivity index (χ2n) is 5.80. The molecule has 0 spiro atoms. The van der Waals surface area contributed by atoms with E-state index >= 15 is 0 Å². The molecule has 1 saturated heterocycles. The van der Waals surface area contributed by atoms with E-state index in [2.05, 4.69) is 0 Å². The van der Waals surface area contributed by atoms with Gasteiger partial charge in [-0.3, -0.25) is 4.79 Å². The molecule has 0 aromatic carbocycles. The minimum atomic E-state index is -0.322.